The molecule has 0 aliphatic rings. The quantitative estimate of drug-likeness (QED) is 0.402. The van der Waals surface area contributed by atoms with Crippen LogP contribution in [0.1, 0.15) is 13.8 Å². The molecule has 0 aromatic carbocycles. The summed E-state index contributed by atoms with van der Waals surface area (Å²) in [7, 11) is -4.69. The third-order valence-corrected chi connectivity index (χ3v) is 3.33. The highest BCUT2D eigenvalue weighted by Gasteiger charge is 2.48. The van der Waals surface area contributed by atoms with E-state index in [1.807, 2.05) is 0 Å². The largest absolute Gasteiger partial charge is 0.390 e. The van der Waals surface area contributed by atoms with Crippen LogP contribution in [0.15, 0.2) is 0 Å². The van der Waals surface area contributed by atoms with Gasteiger partial charge in [-0.05, 0) is 13.8 Å². The highest BCUT2D eigenvalue weighted by molar-refractivity contribution is 7.87. The smallest absolute Gasteiger partial charge is 0.289 e. The van der Waals surface area contributed by atoms with Crippen LogP contribution in [-0.2, 0) is 10.1 Å². The molecule has 0 aliphatic carbocycles. The van der Waals surface area contributed by atoms with Gasteiger partial charge < -0.3 is 15.9 Å². The maximum absolute atomic E-state index is 10.6. The van der Waals surface area contributed by atoms with E-state index in [1.165, 1.54) is 0 Å². The minimum Gasteiger partial charge on any atom is -0.390 e. The van der Waals surface area contributed by atoms with Gasteiger partial charge in [-0.25, -0.2) is 0 Å². The number of aliphatic hydroxyl groups excluding tert-OH is 2. The standard InChI is InChI=1S/C5H13NO5S/c1-3(7)5(6,4(2)8)12(9,10)11/h3-4,7-8H,6H2,1-2H3,(H,9,10,11). The lowest BCUT2D eigenvalue weighted by Gasteiger charge is -2.31. The lowest BCUT2D eigenvalue weighted by atomic mass is 10.1. The van der Waals surface area contributed by atoms with Gasteiger partial charge in [-0.15, -0.1) is 0 Å². The SMILES string of the molecule is CC(O)C(N)(C(C)O)S(=O)(=O)O. The lowest BCUT2D eigenvalue weighted by Crippen LogP contribution is -2.62. The lowest BCUT2D eigenvalue weighted by molar-refractivity contribution is 0.0481. The number of rotatable bonds is 3. The molecule has 0 spiro atoms. The second-order valence-corrected chi connectivity index (χ2v) is 4.34. The topological polar surface area (TPSA) is 121 Å². The number of aliphatic hydroxyl groups is 2. The predicted octanol–water partition coefficient (Wildman–Crippen LogP) is -1.71. The van der Waals surface area contributed by atoms with Gasteiger partial charge in [0.2, 0.25) is 0 Å². The summed E-state index contributed by atoms with van der Waals surface area (Å²) in [5.74, 6) is 0. The molecule has 0 aliphatic heterocycles. The first-order valence-electron chi connectivity index (χ1n) is 3.26. The van der Waals surface area contributed by atoms with E-state index in [4.69, 9.17) is 20.5 Å². The van der Waals surface area contributed by atoms with Crippen molar-refractivity contribution in [3.8, 4) is 0 Å². The molecule has 5 N–H and O–H groups in total. The van der Waals surface area contributed by atoms with Crippen molar-refractivity contribution in [2.75, 3.05) is 0 Å². The Hall–Kier alpha value is -0.210. The molecule has 6 nitrogen and oxygen atoms in total. The first kappa shape index (κ1) is 11.8. The molecule has 0 saturated heterocycles. The van der Waals surface area contributed by atoms with Gasteiger partial charge in [-0.1, -0.05) is 0 Å². The molecule has 0 heterocycles. The molecule has 0 bridgehead atoms. The van der Waals surface area contributed by atoms with Gasteiger partial charge in [0.05, 0.1) is 12.2 Å². The average Bonchev–Trinajstić information content (AvgIpc) is 1.82. The van der Waals surface area contributed by atoms with E-state index in [0.717, 1.165) is 13.8 Å². The van der Waals surface area contributed by atoms with Crippen molar-refractivity contribution in [3.05, 3.63) is 0 Å². The van der Waals surface area contributed by atoms with Crippen LogP contribution in [0, 0.1) is 0 Å². The molecule has 7 heteroatoms. The number of hydrogen-bond acceptors (Lipinski definition) is 5. The Labute approximate surface area is 70.8 Å². The maximum atomic E-state index is 10.6. The van der Waals surface area contributed by atoms with E-state index in [9.17, 15) is 8.42 Å². The van der Waals surface area contributed by atoms with Crippen LogP contribution >= 0.6 is 0 Å². The normalized spacial score (nSPS) is 22.8. The van der Waals surface area contributed by atoms with Gasteiger partial charge in [-0.2, -0.15) is 8.42 Å². The molecule has 0 amide bonds. The summed E-state index contributed by atoms with van der Waals surface area (Å²) in [6.07, 6.45) is -3.12. The van der Waals surface area contributed by atoms with Gasteiger partial charge in [0, 0.05) is 0 Å². The summed E-state index contributed by atoms with van der Waals surface area (Å²) in [5.41, 5.74) is 5.12. The highest BCUT2D eigenvalue weighted by Crippen LogP contribution is 2.18. The Kier molecular flexibility index (Phi) is 3.21. The van der Waals surface area contributed by atoms with Crippen molar-refractivity contribution in [2.45, 2.75) is 30.9 Å². The van der Waals surface area contributed by atoms with Crippen molar-refractivity contribution in [2.24, 2.45) is 5.73 Å². The summed E-state index contributed by atoms with van der Waals surface area (Å²) >= 11 is 0. The van der Waals surface area contributed by atoms with Crippen LogP contribution in [0.4, 0.5) is 0 Å². The first-order chi connectivity index (χ1) is 5.14. The fourth-order valence-corrected chi connectivity index (χ4v) is 1.64. The van der Waals surface area contributed by atoms with Crippen LogP contribution in [0.25, 0.3) is 0 Å². The van der Waals surface area contributed by atoms with Crippen LogP contribution in [-0.4, -0.2) is 40.3 Å². The van der Waals surface area contributed by atoms with Crippen molar-refractivity contribution >= 4 is 10.1 Å². The first-order valence-corrected chi connectivity index (χ1v) is 4.70. The minimum absolute atomic E-state index is 1.07. The fraction of sp³-hybridized carbons (Fsp3) is 1.00. The van der Waals surface area contributed by atoms with Gasteiger partial charge in [0.1, 0.15) is 0 Å². The third-order valence-electron chi connectivity index (χ3n) is 1.75. The van der Waals surface area contributed by atoms with E-state index >= 15 is 0 Å². The Morgan fingerprint density at radius 3 is 1.50 bits per heavy atom. The molecular weight excluding hydrogens is 186 g/mol. The molecule has 0 saturated carbocycles. The molecule has 74 valence electrons. The molecule has 0 radical (unpaired) electrons. The zero-order chi connectivity index (χ0) is 10.2. The average molecular weight is 199 g/mol. The Balaban J connectivity index is 5.18. The van der Waals surface area contributed by atoms with Gasteiger partial charge >= 0.3 is 0 Å². The highest BCUT2D eigenvalue weighted by atomic mass is 32.2. The zero-order valence-corrected chi connectivity index (χ0v) is 7.61. The van der Waals surface area contributed by atoms with Crippen LogP contribution < -0.4 is 5.73 Å². The summed E-state index contributed by atoms with van der Waals surface area (Å²) in [6.45, 7) is 2.14. The van der Waals surface area contributed by atoms with Gasteiger partial charge in [-0.3, -0.25) is 4.55 Å². The van der Waals surface area contributed by atoms with E-state index in [1.54, 1.807) is 0 Å². The van der Waals surface area contributed by atoms with E-state index < -0.39 is 27.2 Å². The van der Waals surface area contributed by atoms with Crippen molar-refractivity contribution < 1.29 is 23.2 Å². The molecule has 0 fully saturated rings. The fourth-order valence-electron chi connectivity index (χ4n) is 0.780. The second-order valence-electron chi connectivity index (χ2n) is 2.68. The summed E-state index contributed by atoms with van der Waals surface area (Å²) in [5, 5.41) is 17.9. The maximum Gasteiger partial charge on any atom is 0.289 e. The number of hydrogen-bond donors (Lipinski definition) is 4. The molecule has 0 aromatic rings. The second kappa shape index (κ2) is 3.27. The van der Waals surface area contributed by atoms with Crippen molar-refractivity contribution in [1.82, 2.24) is 0 Å². The van der Waals surface area contributed by atoms with Crippen molar-refractivity contribution in [1.29, 1.82) is 0 Å². The molecule has 12 heavy (non-hydrogen) atoms. The Morgan fingerprint density at radius 1 is 1.25 bits per heavy atom. The van der Waals surface area contributed by atoms with Crippen molar-refractivity contribution in [3.63, 3.8) is 0 Å². The minimum atomic E-state index is -4.69. The predicted molar refractivity (Wildman–Crippen MR) is 41.8 cm³/mol. The van der Waals surface area contributed by atoms with E-state index in [0.29, 0.717) is 0 Å². The molecular formula is C5H13NO5S. The molecule has 2 atom stereocenters. The van der Waals surface area contributed by atoms with E-state index in [-0.39, 0.29) is 0 Å². The van der Waals surface area contributed by atoms with Gasteiger partial charge in [0.15, 0.2) is 4.87 Å². The van der Waals surface area contributed by atoms with Crippen LogP contribution in [0.3, 0.4) is 0 Å². The zero-order valence-electron chi connectivity index (χ0n) is 6.80. The Bertz CT molecular complexity index is 237. The molecule has 0 aromatic heterocycles. The molecule has 0 rings (SSSR count). The van der Waals surface area contributed by atoms with Crippen LogP contribution in [0.2, 0.25) is 0 Å². The summed E-state index contributed by atoms with van der Waals surface area (Å²) in [6, 6.07) is 0. The van der Waals surface area contributed by atoms with E-state index in [2.05, 4.69) is 0 Å². The molecule has 2 unspecified atom stereocenters. The summed E-state index contributed by atoms with van der Waals surface area (Å²) in [4.78, 5) is -2.42. The summed E-state index contributed by atoms with van der Waals surface area (Å²) < 4.78 is 29.9. The van der Waals surface area contributed by atoms with Gasteiger partial charge in [0.25, 0.3) is 10.1 Å². The third kappa shape index (κ3) is 1.75. The number of nitrogens with two attached hydrogens (primary N) is 1. The monoisotopic (exact) mass is 199 g/mol. The Morgan fingerprint density at radius 2 is 1.50 bits per heavy atom. The van der Waals surface area contributed by atoms with Crippen LogP contribution in [0.5, 0.6) is 0 Å².